The van der Waals surface area contributed by atoms with Crippen LogP contribution in [0.1, 0.15) is 17.7 Å². The minimum atomic E-state index is -0.312. The summed E-state index contributed by atoms with van der Waals surface area (Å²) in [5, 5.41) is 10.7. The number of nitrogens with zero attached hydrogens (tertiary/aromatic N) is 1. The molecule has 1 N–H and O–H groups in total. The van der Waals surface area contributed by atoms with E-state index in [0.717, 1.165) is 11.4 Å². The summed E-state index contributed by atoms with van der Waals surface area (Å²) in [4.78, 5) is 12.8. The molecular formula is C9H13N2O2S+. The largest absolute Gasteiger partial charge is 0.331 e. The summed E-state index contributed by atoms with van der Waals surface area (Å²) in [7, 11) is 0. The summed E-state index contributed by atoms with van der Waals surface area (Å²) in [6.07, 6.45) is 2.59. The molecule has 0 amide bonds. The fraction of sp³-hybridized carbons (Fsp3) is 0.556. The zero-order valence-electron chi connectivity index (χ0n) is 7.86. The van der Waals surface area contributed by atoms with Crippen LogP contribution >= 0.6 is 11.3 Å². The lowest BCUT2D eigenvalue weighted by molar-refractivity contribution is -0.901. The van der Waals surface area contributed by atoms with Crippen molar-refractivity contribution in [2.45, 2.75) is 19.4 Å². The number of rotatable bonds is 3. The lowest BCUT2D eigenvalue weighted by Gasteiger charge is -2.09. The van der Waals surface area contributed by atoms with Gasteiger partial charge in [0.05, 0.1) is 22.9 Å². The molecular weight excluding hydrogens is 200 g/mol. The molecule has 1 aromatic heterocycles. The van der Waals surface area contributed by atoms with Crippen LogP contribution in [0, 0.1) is 10.1 Å². The van der Waals surface area contributed by atoms with Crippen molar-refractivity contribution in [2.75, 3.05) is 13.1 Å². The van der Waals surface area contributed by atoms with Crippen LogP contribution in [0.15, 0.2) is 12.1 Å². The van der Waals surface area contributed by atoms with Crippen LogP contribution in [-0.4, -0.2) is 18.0 Å². The average molecular weight is 213 g/mol. The van der Waals surface area contributed by atoms with Crippen LogP contribution in [0.4, 0.5) is 5.00 Å². The van der Waals surface area contributed by atoms with E-state index >= 15 is 0 Å². The second-order valence-electron chi connectivity index (χ2n) is 3.63. The Morgan fingerprint density at radius 2 is 2.14 bits per heavy atom. The van der Waals surface area contributed by atoms with E-state index in [1.54, 1.807) is 11.0 Å². The van der Waals surface area contributed by atoms with Crippen LogP contribution < -0.4 is 4.90 Å². The number of hydrogen-bond donors (Lipinski definition) is 1. The van der Waals surface area contributed by atoms with Gasteiger partial charge < -0.3 is 4.90 Å². The van der Waals surface area contributed by atoms with Gasteiger partial charge >= 0.3 is 5.00 Å². The Hall–Kier alpha value is -0.940. The Labute approximate surface area is 86.3 Å². The molecule has 5 heteroatoms. The van der Waals surface area contributed by atoms with Crippen molar-refractivity contribution in [3.63, 3.8) is 0 Å². The smallest absolute Gasteiger partial charge is 0.324 e. The molecule has 0 radical (unpaired) electrons. The second kappa shape index (κ2) is 4.06. The molecule has 0 atom stereocenters. The minimum absolute atomic E-state index is 0.263. The van der Waals surface area contributed by atoms with Crippen molar-refractivity contribution in [3.8, 4) is 0 Å². The Bertz CT molecular complexity index is 331. The Kier molecular flexibility index (Phi) is 2.79. The van der Waals surface area contributed by atoms with Gasteiger partial charge in [0.25, 0.3) is 0 Å². The molecule has 2 rings (SSSR count). The van der Waals surface area contributed by atoms with Crippen molar-refractivity contribution in [3.05, 3.63) is 27.1 Å². The standard InChI is InChI=1S/C9H12N2O2S/c12-11(13)9-4-3-8(14-9)7-10-5-1-2-6-10/h3-4H,1-2,5-7H2/p+1. The fourth-order valence-corrected chi connectivity index (χ4v) is 2.75. The zero-order chi connectivity index (χ0) is 9.97. The lowest BCUT2D eigenvalue weighted by atomic mass is 10.4. The molecule has 1 aromatic rings. The summed E-state index contributed by atoms with van der Waals surface area (Å²) < 4.78 is 0. The minimum Gasteiger partial charge on any atom is -0.331 e. The van der Waals surface area contributed by atoms with Gasteiger partial charge in [-0.15, -0.1) is 0 Å². The van der Waals surface area contributed by atoms with Gasteiger partial charge in [0.2, 0.25) is 0 Å². The van der Waals surface area contributed by atoms with Gasteiger partial charge in [-0.25, -0.2) is 0 Å². The van der Waals surface area contributed by atoms with Gasteiger partial charge in [0.1, 0.15) is 6.54 Å². The molecule has 0 aromatic carbocycles. The highest BCUT2D eigenvalue weighted by atomic mass is 32.1. The number of nitrogens with one attached hydrogen (secondary N) is 1. The van der Waals surface area contributed by atoms with Gasteiger partial charge in [-0.05, 0) is 6.07 Å². The molecule has 1 saturated heterocycles. The first-order valence-electron chi connectivity index (χ1n) is 4.82. The number of quaternary nitrogens is 1. The molecule has 0 bridgehead atoms. The summed E-state index contributed by atoms with van der Waals surface area (Å²) in [6.45, 7) is 3.38. The lowest BCUT2D eigenvalue weighted by Crippen LogP contribution is -3.08. The SMILES string of the molecule is O=[N+]([O-])c1ccc(C[NH+]2CCCC2)s1. The zero-order valence-corrected chi connectivity index (χ0v) is 8.68. The van der Waals surface area contributed by atoms with Crippen molar-refractivity contribution >= 4 is 16.3 Å². The van der Waals surface area contributed by atoms with E-state index in [1.807, 2.05) is 6.07 Å². The van der Waals surface area contributed by atoms with Gasteiger partial charge in [0.15, 0.2) is 0 Å². The van der Waals surface area contributed by atoms with Gasteiger partial charge in [0, 0.05) is 18.9 Å². The summed E-state index contributed by atoms with van der Waals surface area (Å²) in [6, 6.07) is 3.49. The molecule has 1 aliphatic heterocycles. The third kappa shape index (κ3) is 2.10. The van der Waals surface area contributed by atoms with Crippen LogP contribution in [-0.2, 0) is 6.54 Å². The number of hydrogen-bond acceptors (Lipinski definition) is 3. The maximum absolute atomic E-state index is 10.5. The Morgan fingerprint density at radius 3 is 2.71 bits per heavy atom. The van der Waals surface area contributed by atoms with E-state index in [1.165, 1.54) is 37.3 Å². The maximum atomic E-state index is 10.5. The quantitative estimate of drug-likeness (QED) is 0.597. The molecule has 14 heavy (non-hydrogen) atoms. The molecule has 0 aliphatic carbocycles. The second-order valence-corrected chi connectivity index (χ2v) is 4.78. The monoisotopic (exact) mass is 213 g/mol. The summed E-state index contributed by atoms with van der Waals surface area (Å²) >= 11 is 1.31. The van der Waals surface area contributed by atoms with E-state index in [2.05, 4.69) is 0 Å². The highest BCUT2D eigenvalue weighted by molar-refractivity contribution is 7.15. The fourth-order valence-electron chi connectivity index (χ4n) is 1.86. The molecule has 76 valence electrons. The predicted octanol–water partition coefficient (Wildman–Crippen LogP) is 0.835. The first kappa shape index (κ1) is 9.61. The first-order valence-corrected chi connectivity index (χ1v) is 5.64. The first-order chi connectivity index (χ1) is 6.75. The number of nitro groups is 1. The van der Waals surface area contributed by atoms with E-state index in [0.29, 0.717) is 0 Å². The van der Waals surface area contributed by atoms with Gasteiger partial charge in [-0.2, -0.15) is 0 Å². The van der Waals surface area contributed by atoms with E-state index in [-0.39, 0.29) is 9.92 Å². The highest BCUT2D eigenvalue weighted by Crippen LogP contribution is 2.23. The molecule has 0 unspecified atom stereocenters. The maximum Gasteiger partial charge on any atom is 0.324 e. The topological polar surface area (TPSA) is 47.6 Å². The van der Waals surface area contributed by atoms with Crippen LogP contribution in [0.5, 0.6) is 0 Å². The van der Waals surface area contributed by atoms with Crippen LogP contribution in [0.3, 0.4) is 0 Å². The van der Waals surface area contributed by atoms with Crippen LogP contribution in [0.2, 0.25) is 0 Å². The number of thiophene rings is 1. The van der Waals surface area contributed by atoms with Crippen LogP contribution in [0.25, 0.3) is 0 Å². The molecule has 1 aliphatic rings. The highest BCUT2D eigenvalue weighted by Gasteiger charge is 2.18. The Morgan fingerprint density at radius 1 is 1.43 bits per heavy atom. The van der Waals surface area contributed by atoms with Gasteiger partial charge in [-0.1, -0.05) is 11.3 Å². The summed E-state index contributed by atoms with van der Waals surface area (Å²) in [5.41, 5.74) is 0. The van der Waals surface area contributed by atoms with Gasteiger partial charge in [-0.3, -0.25) is 10.1 Å². The molecule has 0 spiro atoms. The summed E-state index contributed by atoms with van der Waals surface area (Å²) in [5.74, 6) is 0. The molecule has 0 saturated carbocycles. The van der Waals surface area contributed by atoms with Crippen molar-refractivity contribution in [1.29, 1.82) is 0 Å². The third-order valence-corrected chi connectivity index (χ3v) is 3.60. The van der Waals surface area contributed by atoms with Crippen molar-refractivity contribution in [1.82, 2.24) is 0 Å². The van der Waals surface area contributed by atoms with E-state index in [4.69, 9.17) is 0 Å². The number of likely N-dealkylation sites (tertiary alicyclic amines) is 1. The van der Waals surface area contributed by atoms with E-state index in [9.17, 15) is 10.1 Å². The Balaban J connectivity index is 1.98. The third-order valence-electron chi connectivity index (χ3n) is 2.56. The molecule has 2 heterocycles. The average Bonchev–Trinajstić information content (AvgIpc) is 2.75. The normalized spacial score (nSPS) is 17.4. The molecule has 4 nitrogen and oxygen atoms in total. The molecule has 1 fully saturated rings. The van der Waals surface area contributed by atoms with Crippen molar-refractivity contribution in [2.24, 2.45) is 0 Å². The predicted molar refractivity (Wildman–Crippen MR) is 54.6 cm³/mol. The van der Waals surface area contributed by atoms with Crippen molar-refractivity contribution < 1.29 is 9.82 Å². The van der Waals surface area contributed by atoms with E-state index < -0.39 is 0 Å².